The fraction of sp³-hybridized carbons (Fsp3) is 0.407. The topological polar surface area (TPSA) is 74.8 Å². The Morgan fingerprint density at radius 1 is 1.06 bits per heavy atom. The van der Waals surface area contributed by atoms with Crippen molar-refractivity contribution in [3.63, 3.8) is 0 Å². The standard InChI is InChI=1S/C27H30N4O3/c1-2-30(14-15-31-12-10-27(19-28,11-13-31)22-6-4-3-5-7-22)18-23-17-24(29-34-23)21-8-9-25-26(16-21)33-20-32-25/h3-9,16-17H,2,10-15,18,20H2,1H3. The summed E-state index contributed by atoms with van der Waals surface area (Å²) in [5.41, 5.74) is 2.55. The molecule has 5 rings (SSSR count). The average molecular weight is 459 g/mol. The zero-order valence-corrected chi connectivity index (χ0v) is 19.6. The van der Waals surface area contributed by atoms with Crippen LogP contribution in [-0.4, -0.2) is 54.5 Å². The number of likely N-dealkylation sites (N-methyl/N-ethyl adjacent to an activating group) is 1. The summed E-state index contributed by atoms with van der Waals surface area (Å²) in [5.74, 6) is 2.35. The molecule has 1 aromatic heterocycles. The number of piperidine rings is 1. The molecule has 176 valence electrons. The fourth-order valence-electron chi connectivity index (χ4n) is 4.81. The minimum absolute atomic E-state index is 0.259. The van der Waals surface area contributed by atoms with Gasteiger partial charge in [-0.15, -0.1) is 0 Å². The third-order valence-corrected chi connectivity index (χ3v) is 7.04. The first-order valence-corrected chi connectivity index (χ1v) is 12.0. The van der Waals surface area contributed by atoms with Crippen LogP contribution in [-0.2, 0) is 12.0 Å². The van der Waals surface area contributed by atoms with Crippen molar-refractivity contribution in [2.75, 3.05) is 39.5 Å². The summed E-state index contributed by atoms with van der Waals surface area (Å²) >= 11 is 0. The van der Waals surface area contributed by atoms with Gasteiger partial charge in [0, 0.05) is 37.8 Å². The molecule has 2 aromatic carbocycles. The van der Waals surface area contributed by atoms with Crippen LogP contribution in [0.1, 0.15) is 31.1 Å². The van der Waals surface area contributed by atoms with Gasteiger partial charge in [0.05, 0.1) is 18.0 Å². The second-order valence-electron chi connectivity index (χ2n) is 9.02. The lowest BCUT2D eigenvalue weighted by Gasteiger charge is -2.38. The average Bonchev–Trinajstić information content (AvgIpc) is 3.56. The van der Waals surface area contributed by atoms with Crippen LogP contribution >= 0.6 is 0 Å². The lowest BCUT2D eigenvalue weighted by Crippen LogP contribution is -2.44. The van der Waals surface area contributed by atoms with Gasteiger partial charge in [-0.2, -0.15) is 5.26 Å². The summed E-state index contributed by atoms with van der Waals surface area (Å²) in [4.78, 5) is 4.84. The lowest BCUT2D eigenvalue weighted by molar-refractivity contribution is 0.151. The molecule has 0 saturated carbocycles. The number of benzene rings is 2. The predicted molar refractivity (Wildman–Crippen MR) is 128 cm³/mol. The van der Waals surface area contributed by atoms with Gasteiger partial charge in [0.25, 0.3) is 0 Å². The Hall–Kier alpha value is -3.34. The number of hydrogen-bond donors (Lipinski definition) is 0. The van der Waals surface area contributed by atoms with E-state index in [1.54, 1.807) is 0 Å². The molecule has 3 heterocycles. The first kappa shape index (κ1) is 22.5. The van der Waals surface area contributed by atoms with Crippen LogP contribution in [0.5, 0.6) is 11.5 Å². The van der Waals surface area contributed by atoms with Crippen molar-refractivity contribution in [2.24, 2.45) is 0 Å². The van der Waals surface area contributed by atoms with Gasteiger partial charge in [0.15, 0.2) is 17.3 Å². The summed E-state index contributed by atoms with van der Waals surface area (Å²) in [7, 11) is 0. The second-order valence-corrected chi connectivity index (χ2v) is 9.02. The number of fused-ring (bicyclic) bond motifs is 1. The van der Waals surface area contributed by atoms with E-state index in [2.05, 4.69) is 40.1 Å². The Labute approximate surface area is 200 Å². The van der Waals surface area contributed by atoms with E-state index >= 15 is 0 Å². The van der Waals surface area contributed by atoms with E-state index in [-0.39, 0.29) is 12.2 Å². The molecule has 0 bridgehead atoms. The molecule has 0 unspecified atom stereocenters. The van der Waals surface area contributed by atoms with E-state index in [0.717, 1.165) is 79.6 Å². The Morgan fingerprint density at radius 3 is 2.62 bits per heavy atom. The highest BCUT2D eigenvalue weighted by Crippen LogP contribution is 2.36. The number of aromatic nitrogens is 1. The molecule has 2 aliphatic heterocycles. The fourth-order valence-corrected chi connectivity index (χ4v) is 4.81. The van der Waals surface area contributed by atoms with E-state index in [1.165, 1.54) is 0 Å². The minimum Gasteiger partial charge on any atom is -0.454 e. The highest BCUT2D eigenvalue weighted by molar-refractivity contribution is 5.64. The minimum atomic E-state index is -0.354. The van der Waals surface area contributed by atoms with E-state index in [9.17, 15) is 5.26 Å². The van der Waals surface area contributed by atoms with Gasteiger partial charge in [-0.05, 0) is 43.1 Å². The van der Waals surface area contributed by atoms with Crippen LogP contribution in [0.3, 0.4) is 0 Å². The van der Waals surface area contributed by atoms with E-state index in [1.807, 2.05) is 42.5 Å². The normalized spacial score (nSPS) is 17.1. The van der Waals surface area contributed by atoms with Crippen molar-refractivity contribution in [1.82, 2.24) is 15.0 Å². The van der Waals surface area contributed by atoms with Crippen molar-refractivity contribution >= 4 is 0 Å². The van der Waals surface area contributed by atoms with Crippen LogP contribution < -0.4 is 9.47 Å². The van der Waals surface area contributed by atoms with Gasteiger partial charge in [0.1, 0.15) is 5.69 Å². The van der Waals surface area contributed by atoms with Gasteiger partial charge in [-0.3, -0.25) is 4.90 Å². The molecule has 0 radical (unpaired) electrons. The van der Waals surface area contributed by atoms with E-state index in [0.29, 0.717) is 6.54 Å². The highest BCUT2D eigenvalue weighted by atomic mass is 16.7. The van der Waals surface area contributed by atoms with Gasteiger partial charge in [-0.1, -0.05) is 42.4 Å². The summed E-state index contributed by atoms with van der Waals surface area (Å²) < 4.78 is 16.5. The smallest absolute Gasteiger partial charge is 0.231 e. The Morgan fingerprint density at radius 2 is 1.85 bits per heavy atom. The molecule has 2 aliphatic rings. The third-order valence-electron chi connectivity index (χ3n) is 7.04. The van der Waals surface area contributed by atoms with Crippen LogP contribution in [0.2, 0.25) is 0 Å². The molecular formula is C27H30N4O3. The summed E-state index contributed by atoms with van der Waals surface area (Å²) in [5, 5.41) is 14.2. The molecular weight excluding hydrogens is 428 g/mol. The molecule has 7 heteroatoms. The van der Waals surface area contributed by atoms with Gasteiger partial charge < -0.3 is 18.9 Å². The SMILES string of the molecule is CCN(CCN1CCC(C#N)(c2ccccc2)CC1)Cc1cc(-c2ccc3c(c2)OCO3)no1. The van der Waals surface area contributed by atoms with Crippen LogP contribution in [0.4, 0.5) is 0 Å². The number of nitriles is 1. The third kappa shape index (κ3) is 4.65. The maximum absolute atomic E-state index is 9.93. The zero-order valence-electron chi connectivity index (χ0n) is 19.6. The molecule has 1 saturated heterocycles. The maximum atomic E-state index is 9.93. The number of hydrogen-bond acceptors (Lipinski definition) is 7. The van der Waals surface area contributed by atoms with Crippen molar-refractivity contribution in [3.05, 3.63) is 65.9 Å². The van der Waals surface area contributed by atoms with Crippen LogP contribution in [0.25, 0.3) is 11.3 Å². The molecule has 0 spiro atoms. The van der Waals surface area contributed by atoms with E-state index < -0.39 is 0 Å². The molecule has 3 aromatic rings. The van der Waals surface area contributed by atoms with Crippen molar-refractivity contribution in [2.45, 2.75) is 31.7 Å². The summed E-state index contributed by atoms with van der Waals surface area (Å²) in [6.45, 7) is 7.88. The summed E-state index contributed by atoms with van der Waals surface area (Å²) in [6.07, 6.45) is 1.75. The highest BCUT2D eigenvalue weighted by Gasteiger charge is 2.36. The molecule has 0 N–H and O–H groups in total. The zero-order chi connectivity index (χ0) is 23.4. The lowest BCUT2D eigenvalue weighted by atomic mass is 9.74. The monoisotopic (exact) mass is 458 g/mol. The Balaban J connectivity index is 1.14. The molecule has 0 aliphatic carbocycles. The number of likely N-dealkylation sites (tertiary alicyclic amines) is 1. The first-order valence-electron chi connectivity index (χ1n) is 12.0. The maximum Gasteiger partial charge on any atom is 0.231 e. The Bertz CT molecular complexity index is 1150. The van der Waals surface area contributed by atoms with Gasteiger partial charge in [0.2, 0.25) is 6.79 Å². The van der Waals surface area contributed by atoms with E-state index in [4.69, 9.17) is 14.0 Å². The molecule has 7 nitrogen and oxygen atoms in total. The molecule has 34 heavy (non-hydrogen) atoms. The number of rotatable bonds is 8. The first-order chi connectivity index (χ1) is 16.7. The summed E-state index contributed by atoms with van der Waals surface area (Å²) in [6, 6.07) is 20.7. The molecule has 0 atom stereocenters. The van der Waals surface area contributed by atoms with Crippen LogP contribution in [0.15, 0.2) is 59.1 Å². The van der Waals surface area contributed by atoms with Gasteiger partial charge in [-0.25, -0.2) is 0 Å². The van der Waals surface area contributed by atoms with Gasteiger partial charge >= 0.3 is 0 Å². The van der Waals surface area contributed by atoms with Crippen molar-refractivity contribution in [3.8, 4) is 28.8 Å². The van der Waals surface area contributed by atoms with Crippen LogP contribution in [0, 0.1) is 11.3 Å². The Kier molecular flexibility index (Phi) is 6.52. The number of ether oxygens (including phenoxy) is 2. The quantitative estimate of drug-likeness (QED) is 0.494. The second kappa shape index (κ2) is 9.88. The van der Waals surface area contributed by atoms with Crippen molar-refractivity contribution < 1.29 is 14.0 Å². The van der Waals surface area contributed by atoms with Crippen molar-refractivity contribution in [1.29, 1.82) is 5.26 Å². The predicted octanol–water partition coefficient (Wildman–Crippen LogP) is 4.45. The number of nitrogens with zero attached hydrogens (tertiary/aromatic N) is 4. The molecule has 0 amide bonds. The largest absolute Gasteiger partial charge is 0.454 e. The molecule has 1 fully saturated rings.